The molecule has 2 aliphatic rings. The van der Waals surface area contributed by atoms with E-state index in [2.05, 4.69) is 19.6 Å². The molecule has 0 aromatic rings. The Morgan fingerprint density at radius 3 is 2.60 bits per heavy atom. The molecule has 2 fully saturated rings. The van der Waals surface area contributed by atoms with Crippen molar-refractivity contribution in [2.75, 3.05) is 12.4 Å². The van der Waals surface area contributed by atoms with E-state index < -0.39 is 0 Å². The van der Waals surface area contributed by atoms with Crippen molar-refractivity contribution < 1.29 is 4.74 Å². The summed E-state index contributed by atoms with van der Waals surface area (Å²) in [6, 6.07) is 0. The van der Waals surface area contributed by atoms with Gasteiger partial charge >= 0.3 is 0 Å². The molecule has 2 unspecified atom stereocenters. The lowest BCUT2D eigenvalue weighted by Crippen LogP contribution is -2.38. The second-order valence-electron chi connectivity index (χ2n) is 5.72. The van der Waals surface area contributed by atoms with E-state index in [1.54, 1.807) is 0 Å². The molecule has 0 radical (unpaired) electrons. The molecule has 2 saturated carbocycles. The van der Waals surface area contributed by atoms with Gasteiger partial charge in [-0.1, -0.05) is 26.2 Å². The van der Waals surface area contributed by atoms with E-state index in [0.29, 0.717) is 11.5 Å². The summed E-state index contributed by atoms with van der Waals surface area (Å²) >= 11 is 4.47. The first-order chi connectivity index (χ1) is 7.24. The van der Waals surface area contributed by atoms with Crippen molar-refractivity contribution in [2.45, 2.75) is 58.0 Å². The zero-order valence-corrected chi connectivity index (χ0v) is 10.8. The van der Waals surface area contributed by atoms with Crippen LogP contribution in [0.3, 0.4) is 0 Å². The van der Waals surface area contributed by atoms with Crippen molar-refractivity contribution in [3.63, 3.8) is 0 Å². The quantitative estimate of drug-likeness (QED) is 0.722. The summed E-state index contributed by atoms with van der Waals surface area (Å²) in [5, 5.41) is 0. The normalized spacial score (nSPS) is 34.8. The molecule has 0 aromatic carbocycles. The van der Waals surface area contributed by atoms with E-state index in [1.807, 2.05) is 0 Å². The van der Waals surface area contributed by atoms with Gasteiger partial charge in [0.15, 0.2) is 0 Å². The Hall–Kier alpha value is 0.310. The minimum atomic E-state index is 0.448. The van der Waals surface area contributed by atoms with Crippen LogP contribution in [-0.2, 0) is 4.74 Å². The van der Waals surface area contributed by atoms with Crippen LogP contribution >= 0.6 is 12.6 Å². The van der Waals surface area contributed by atoms with Crippen molar-refractivity contribution in [1.29, 1.82) is 0 Å². The second kappa shape index (κ2) is 5.09. The van der Waals surface area contributed by atoms with Gasteiger partial charge < -0.3 is 4.74 Å². The van der Waals surface area contributed by atoms with Gasteiger partial charge in [-0.3, -0.25) is 0 Å². The van der Waals surface area contributed by atoms with E-state index in [-0.39, 0.29) is 0 Å². The minimum Gasteiger partial charge on any atom is -0.378 e. The first kappa shape index (κ1) is 11.8. The summed E-state index contributed by atoms with van der Waals surface area (Å²) in [5.74, 6) is 1.88. The molecule has 0 aliphatic heterocycles. The Morgan fingerprint density at radius 1 is 1.27 bits per heavy atom. The van der Waals surface area contributed by atoms with Crippen LogP contribution in [0.25, 0.3) is 0 Å². The molecule has 0 aromatic heterocycles. The highest BCUT2D eigenvalue weighted by atomic mass is 32.1. The largest absolute Gasteiger partial charge is 0.378 e. The fraction of sp³-hybridized carbons (Fsp3) is 1.00. The molecule has 0 N–H and O–H groups in total. The van der Waals surface area contributed by atoms with E-state index in [0.717, 1.165) is 18.3 Å². The van der Waals surface area contributed by atoms with Gasteiger partial charge in [-0.15, -0.1) is 0 Å². The Bertz CT molecular complexity index is 195. The maximum absolute atomic E-state index is 6.10. The minimum absolute atomic E-state index is 0.448. The summed E-state index contributed by atoms with van der Waals surface area (Å²) in [6.07, 6.45) is 9.92. The van der Waals surface area contributed by atoms with Crippen LogP contribution in [0.5, 0.6) is 0 Å². The number of ether oxygens (including phenoxy) is 1. The smallest absolute Gasteiger partial charge is 0.0578 e. The van der Waals surface area contributed by atoms with E-state index >= 15 is 0 Å². The van der Waals surface area contributed by atoms with Gasteiger partial charge in [0.2, 0.25) is 0 Å². The Kier molecular flexibility index (Phi) is 4.00. The zero-order chi connectivity index (χ0) is 10.7. The van der Waals surface area contributed by atoms with Crippen molar-refractivity contribution in [2.24, 2.45) is 11.3 Å². The molecule has 0 saturated heterocycles. The standard InChI is InChI=1S/C13H24OS/c1-11-4-2-5-12(8-11)14-9-13(10-15)6-3-7-13/h11-12,15H,2-10H2,1H3. The maximum Gasteiger partial charge on any atom is 0.0578 e. The SMILES string of the molecule is CC1CCCC(OCC2(CS)CCC2)C1. The Balaban J connectivity index is 1.72. The van der Waals surface area contributed by atoms with Crippen LogP contribution in [-0.4, -0.2) is 18.5 Å². The highest BCUT2D eigenvalue weighted by Gasteiger charge is 2.36. The van der Waals surface area contributed by atoms with Gasteiger partial charge in [0, 0.05) is 5.41 Å². The highest BCUT2D eigenvalue weighted by Crippen LogP contribution is 2.42. The number of thiol groups is 1. The van der Waals surface area contributed by atoms with Crippen molar-refractivity contribution in [3.05, 3.63) is 0 Å². The van der Waals surface area contributed by atoms with Crippen molar-refractivity contribution in [1.82, 2.24) is 0 Å². The third-order valence-electron chi connectivity index (χ3n) is 4.26. The Labute approximate surface area is 99.4 Å². The molecule has 88 valence electrons. The third-order valence-corrected chi connectivity index (χ3v) is 4.93. The monoisotopic (exact) mass is 228 g/mol. The third kappa shape index (κ3) is 2.91. The molecular formula is C13H24OS. The van der Waals surface area contributed by atoms with Gasteiger partial charge in [0.1, 0.15) is 0 Å². The van der Waals surface area contributed by atoms with Crippen molar-refractivity contribution in [3.8, 4) is 0 Å². The average molecular weight is 228 g/mol. The van der Waals surface area contributed by atoms with Crippen LogP contribution in [0.4, 0.5) is 0 Å². The Morgan fingerprint density at radius 2 is 2.07 bits per heavy atom. The van der Waals surface area contributed by atoms with Crippen LogP contribution < -0.4 is 0 Å². The summed E-state index contributed by atoms with van der Waals surface area (Å²) in [5.41, 5.74) is 0.448. The molecule has 0 heterocycles. The molecule has 0 spiro atoms. The van der Waals surface area contributed by atoms with Crippen LogP contribution in [0.1, 0.15) is 51.9 Å². The fourth-order valence-electron chi connectivity index (χ4n) is 2.85. The molecule has 2 rings (SSSR count). The molecule has 2 heteroatoms. The first-order valence-electron chi connectivity index (χ1n) is 6.47. The molecular weight excluding hydrogens is 204 g/mol. The molecule has 1 nitrogen and oxygen atoms in total. The summed E-state index contributed by atoms with van der Waals surface area (Å²) in [7, 11) is 0. The van der Waals surface area contributed by atoms with Gasteiger partial charge in [-0.05, 0) is 37.4 Å². The molecule has 0 bridgehead atoms. The summed E-state index contributed by atoms with van der Waals surface area (Å²) in [6.45, 7) is 3.32. The molecule has 15 heavy (non-hydrogen) atoms. The topological polar surface area (TPSA) is 9.23 Å². The summed E-state index contributed by atoms with van der Waals surface area (Å²) in [4.78, 5) is 0. The second-order valence-corrected chi connectivity index (χ2v) is 6.03. The van der Waals surface area contributed by atoms with Gasteiger partial charge in [-0.25, -0.2) is 0 Å². The first-order valence-corrected chi connectivity index (χ1v) is 7.10. The van der Waals surface area contributed by atoms with Gasteiger partial charge in [0.05, 0.1) is 12.7 Å². The lowest BCUT2D eigenvalue weighted by atomic mass is 9.71. The summed E-state index contributed by atoms with van der Waals surface area (Å²) < 4.78 is 6.10. The zero-order valence-electron chi connectivity index (χ0n) is 9.87. The predicted octanol–water partition coefficient (Wildman–Crippen LogP) is 3.68. The number of hydrogen-bond acceptors (Lipinski definition) is 2. The van der Waals surface area contributed by atoms with Gasteiger partial charge in [-0.2, -0.15) is 12.6 Å². The fourth-order valence-corrected chi connectivity index (χ4v) is 3.26. The number of hydrogen-bond donors (Lipinski definition) is 1. The lowest BCUT2D eigenvalue weighted by molar-refractivity contribution is -0.0515. The van der Waals surface area contributed by atoms with E-state index in [1.165, 1.54) is 44.9 Å². The van der Waals surface area contributed by atoms with Crippen LogP contribution in [0.2, 0.25) is 0 Å². The van der Waals surface area contributed by atoms with E-state index in [4.69, 9.17) is 4.74 Å². The average Bonchev–Trinajstić information content (AvgIpc) is 2.17. The van der Waals surface area contributed by atoms with Crippen LogP contribution in [0.15, 0.2) is 0 Å². The number of rotatable bonds is 4. The van der Waals surface area contributed by atoms with Crippen molar-refractivity contribution >= 4 is 12.6 Å². The lowest BCUT2D eigenvalue weighted by Gasteiger charge is -2.42. The highest BCUT2D eigenvalue weighted by molar-refractivity contribution is 7.80. The molecule has 2 aliphatic carbocycles. The maximum atomic E-state index is 6.10. The molecule has 0 amide bonds. The molecule has 2 atom stereocenters. The van der Waals surface area contributed by atoms with Crippen LogP contribution in [0, 0.1) is 11.3 Å². The van der Waals surface area contributed by atoms with E-state index in [9.17, 15) is 0 Å². The predicted molar refractivity (Wildman–Crippen MR) is 67.5 cm³/mol. The van der Waals surface area contributed by atoms with Gasteiger partial charge in [0.25, 0.3) is 0 Å².